The minimum absolute atomic E-state index is 0.443. The van der Waals surface area contributed by atoms with E-state index in [2.05, 4.69) is 152 Å². The van der Waals surface area contributed by atoms with Gasteiger partial charge in [0.25, 0.3) is 0 Å². The number of fused-ring (bicyclic) bond motifs is 14. The van der Waals surface area contributed by atoms with Gasteiger partial charge in [-0.15, -0.1) is 0 Å². The van der Waals surface area contributed by atoms with E-state index >= 15 is 0 Å². The zero-order valence-electron chi connectivity index (χ0n) is 24.9. The highest BCUT2D eigenvalue weighted by Crippen LogP contribution is 2.65. The van der Waals surface area contributed by atoms with Gasteiger partial charge in [-0.2, -0.15) is 0 Å². The number of benzene rings is 8. The van der Waals surface area contributed by atoms with E-state index in [1.807, 2.05) is 6.07 Å². The number of hydrogen-bond acceptors (Lipinski definition) is 1. The Kier molecular flexibility index (Phi) is 4.57. The van der Waals surface area contributed by atoms with Gasteiger partial charge in [0.1, 0.15) is 11.5 Å². The first-order valence-electron chi connectivity index (χ1n) is 16.0. The fourth-order valence-corrected chi connectivity index (χ4v) is 9.01. The number of ether oxygens (including phenoxy) is 1. The lowest BCUT2D eigenvalue weighted by Gasteiger charge is -2.32. The van der Waals surface area contributed by atoms with E-state index in [0.717, 1.165) is 17.1 Å². The molecule has 3 aliphatic rings. The molecule has 1 heterocycles. The topological polar surface area (TPSA) is 9.23 Å². The summed E-state index contributed by atoms with van der Waals surface area (Å²) in [5.74, 6) is 1.83. The van der Waals surface area contributed by atoms with Crippen LogP contribution in [0.4, 0.5) is 0 Å². The minimum atomic E-state index is -0.443. The molecule has 0 bridgehead atoms. The summed E-state index contributed by atoms with van der Waals surface area (Å²) in [5.41, 5.74) is 15.2. The van der Waals surface area contributed by atoms with Crippen molar-refractivity contribution >= 4 is 21.5 Å². The van der Waals surface area contributed by atoms with Crippen LogP contribution >= 0.6 is 0 Å². The van der Waals surface area contributed by atoms with Crippen LogP contribution in [0.3, 0.4) is 0 Å². The standard InChI is InChI=1S/C45H26O/c1-2-12-28-27(11-1)23-25-39-42(28)36-15-4-7-21-38(36)45(39)37-20-6-3-13-30(37)35-19-10-18-34(44(35)45)29-24-26-41-43-32(29)16-9-17-33(43)31-14-5-8-22-40(31)46-41/h1-26H. The van der Waals surface area contributed by atoms with Crippen LogP contribution in [0.1, 0.15) is 22.3 Å². The molecule has 0 amide bonds. The van der Waals surface area contributed by atoms with Crippen molar-refractivity contribution in [1.82, 2.24) is 0 Å². The van der Waals surface area contributed by atoms with Gasteiger partial charge < -0.3 is 4.74 Å². The molecule has 0 aromatic heterocycles. The molecule has 1 unspecified atom stereocenters. The lowest BCUT2D eigenvalue weighted by molar-refractivity contribution is 0.487. The van der Waals surface area contributed by atoms with Crippen LogP contribution in [0.2, 0.25) is 0 Å². The second-order valence-electron chi connectivity index (χ2n) is 12.7. The minimum Gasteiger partial charge on any atom is -0.456 e. The molecule has 0 fully saturated rings. The molecule has 1 nitrogen and oxygen atoms in total. The molecule has 8 aromatic carbocycles. The van der Waals surface area contributed by atoms with Crippen molar-refractivity contribution in [2.24, 2.45) is 0 Å². The summed E-state index contributed by atoms with van der Waals surface area (Å²) in [6.07, 6.45) is 0. The van der Waals surface area contributed by atoms with Crippen molar-refractivity contribution in [3.63, 3.8) is 0 Å². The van der Waals surface area contributed by atoms with Crippen molar-refractivity contribution in [3.05, 3.63) is 180 Å². The summed E-state index contributed by atoms with van der Waals surface area (Å²) in [7, 11) is 0. The maximum Gasteiger partial charge on any atom is 0.135 e. The monoisotopic (exact) mass is 582 g/mol. The zero-order valence-corrected chi connectivity index (χ0v) is 24.9. The molecule has 46 heavy (non-hydrogen) atoms. The number of rotatable bonds is 1. The van der Waals surface area contributed by atoms with Crippen LogP contribution in [0.15, 0.2) is 158 Å². The second-order valence-corrected chi connectivity index (χ2v) is 12.7. The first-order chi connectivity index (χ1) is 22.8. The van der Waals surface area contributed by atoms with Gasteiger partial charge in [0, 0.05) is 10.9 Å². The Balaban J connectivity index is 1.29. The van der Waals surface area contributed by atoms with Crippen molar-refractivity contribution < 1.29 is 4.74 Å². The Bertz CT molecular complexity index is 2630. The van der Waals surface area contributed by atoms with Crippen LogP contribution in [-0.4, -0.2) is 0 Å². The van der Waals surface area contributed by atoms with E-state index in [-0.39, 0.29) is 0 Å². The van der Waals surface area contributed by atoms with E-state index < -0.39 is 5.41 Å². The predicted molar refractivity (Wildman–Crippen MR) is 189 cm³/mol. The summed E-state index contributed by atoms with van der Waals surface area (Å²) in [5, 5.41) is 4.98. The largest absolute Gasteiger partial charge is 0.456 e. The van der Waals surface area contributed by atoms with Crippen LogP contribution in [0.25, 0.3) is 66.1 Å². The Hall–Kier alpha value is -5.92. The first-order valence-corrected chi connectivity index (χ1v) is 16.0. The smallest absolute Gasteiger partial charge is 0.135 e. The first kappa shape index (κ1) is 24.4. The molecule has 11 rings (SSSR count). The second kappa shape index (κ2) is 8.62. The normalized spacial score (nSPS) is 16.1. The van der Waals surface area contributed by atoms with Crippen LogP contribution in [0.5, 0.6) is 11.5 Å². The van der Waals surface area contributed by atoms with Gasteiger partial charge in [-0.1, -0.05) is 146 Å². The summed E-state index contributed by atoms with van der Waals surface area (Å²) in [4.78, 5) is 0. The lowest BCUT2D eigenvalue weighted by atomic mass is 9.68. The molecule has 2 aliphatic carbocycles. The number of hydrogen-bond donors (Lipinski definition) is 0. The highest BCUT2D eigenvalue weighted by molar-refractivity contribution is 6.12. The Morgan fingerprint density at radius 3 is 1.87 bits per heavy atom. The maximum absolute atomic E-state index is 6.51. The highest BCUT2D eigenvalue weighted by atomic mass is 16.5. The van der Waals surface area contributed by atoms with Crippen molar-refractivity contribution in [3.8, 4) is 56.0 Å². The summed E-state index contributed by atoms with van der Waals surface area (Å²) in [6.45, 7) is 0. The SMILES string of the molecule is c1ccc2c(c1)Oc1ccc(-c3cccc4c3C3(c5ccccc5-4)c4ccccc4-c4c3ccc3ccccc43)c3cccc-2c13. The third kappa shape index (κ3) is 2.83. The Morgan fingerprint density at radius 1 is 0.348 bits per heavy atom. The predicted octanol–water partition coefficient (Wildman–Crippen LogP) is 11.8. The molecule has 1 atom stereocenters. The average molecular weight is 583 g/mol. The molecular weight excluding hydrogens is 556 g/mol. The van der Waals surface area contributed by atoms with Crippen LogP contribution in [0, 0.1) is 0 Å². The van der Waals surface area contributed by atoms with E-state index in [0.29, 0.717) is 0 Å². The summed E-state index contributed by atoms with van der Waals surface area (Å²) >= 11 is 0. The number of para-hydroxylation sites is 1. The maximum atomic E-state index is 6.51. The van der Waals surface area contributed by atoms with Gasteiger partial charge in [0.05, 0.1) is 5.41 Å². The molecule has 0 saturated carbocycles. The van der Waals surface area contributed by atoms with Gasteiger partial charge in [0.2, 0.25) is 0 Å². The molecule has 8 aromatic rings. The van der Waals surface area contributed by atoms with Crippen LogP contribution in [-0.2, 0) is 5.41 Å². The fourth-order valence-electron chi connectivity index (χ4n) is 9.01. The van der Waals surface area contributed by atoms with E-state index in [9.17, 15) is 0 Å². The summed E-state index contributed by atoms with van der Waals surface area (Å²) in [6, 6.07) is 58.2. The van der Waals surface area contributed by atoms with Gasteiger partial charge in [-0.25, -0.2) is 0 Å². The van der Waals surface area contributed by atoms with Crippen LogP contribution < -0.4 is 4.74 Å². The Labute approximate surface area is 267 Å². The Morgan fingerprint density at radius 2 is 0.978 bits per heavy atom. The van der Waals surface area contributed by atoms with Gasteiger partial charge in [0.15, 0.2) is 0 Å². The molecule has 0 radical (unpaired) electrons. The van der Waals surface area contributed by atoms with Crippen molar-refractivity contribution in [2.45, 2.75) is 5.41 Å². The van der Waals surface area contributed by atoms with E-state index in [1.165, 1.54) is 82.7 Å². The molecule has 1 heteroatoms. The molecule has 0 saturated heterocycles. The average Bonchev–Trinajstić information content (AvgIpc) is 3.60. The fraction of sp³-hybridized carbons (Fsp3) is 0.0222. The lowest BCUT2D eigenvalue weighted by Crippen LogP contribution is -2.26. The van der Waals surface area contributed by atoms with E-state index in [4.69, 9.17) is 4.74 Å². The third-order valence-corrected chi connectivity index (χ3v) is 10.7. The molecule has 1 aliphatic heterocycles. The molecular formula is C45H26O. The van der Waals surface area contributed by atoms with Crippen molar-refractivity contribution in [2.75, 3.05) is 0 Å². The molecule has 1 spiro atoms. The van der Waals surface area contributed by atoms with E-state index in [1.54, 1.807) is 0 Å². The molecule has 0 N–H and O–H groups in total. The van der Waals surface area contributed by atoms with Gasteiger partial charge in [-0.05, 0) is 89.5 Å². The summed E-state index contributed by atoms with van der Waals surface area (Å²) < 4.78 is 6.51. The molecule has 212 valence electrons. The highest BCUT2D eigenvalue weighted by Gasteiger charge is 2.53. The van der Waals surface area contributed by atoms with Gasteiger partial charge in [-0.3, -0.25) is 0 Å². The zero-order chi connectivity index (χ0) is 30.0. The van der Waals surface area contributed by atoms with Crippen molar-refractivity contribution in [1.29, 1.82) is 0 Å². The van der Waals surface area contributed by atoms with Gasteiger partial charge >= 0.3 is 0 Å². The third-order valence-electron chi connectivity index (χ3n) is 10.7. The quantitative estimate of drug-likeness (QED) is 0.187.